The van der Waals surface area contributed by atoms with Crippen LogP contribution in [0.15, 0.2) is 36.5 Å². The van der Waals surface area contributed by atoms with Gasteiger partial charge in [-0.15, -0.1) is 5.10 Å². The maximum Gasteiger partial charge on any atom is 0.407 e. The first kappa shape index (κ1) is 17.0. The number of nitrogens with zero attached hydrogens (tertiary/aromatic N) is 3. The molecule has 0 radical (unpaired) electrons. The minimum atomic E-state index is -0.744. The van der Waals surface area contributed by atoms with Gasteiger partial charge in [-0.05, 0) is 25.8 Å². The van der Waals surface area contributed by atoms with Gasteiger partial charge in [0.1, 0.15) is 12.3 Å². The zero-order valence-electron chi connectivity index (χ0n) is 13.4. The Labute approximate surface area is 135 Å². The summed E-state index contributed by atoms with van der Waals surface area (Å²) in [7, 11) is 0. The van der Waals surface area contributed by atoms with Crippen molar-refractivity contribution in [2.75, 3.05) is 0 Å². The molecule has 2 rings (SSSR count). The molecule has 0 bridgehead atoms. The van der Waals surface area contributed by atoms with Crippen LogP contribution in [0.5, 0.6) is 0 Å². The fraction of sp³-hybridized carbons (Fsp3) is 0.438. The van der Waals surface area contributed by atoms with Crippen molar-refractivity contribution in [1.82, 2.24) is 20.3 Å². The minimum absolute atomic E-state index is 0.227. The summed E-state index contributed by atoms with van der Waals surface area (Å²) in [5.74, 6) is 0. The Morgan fingerprint density at radius 2 is 2.09 bits per heavy atom. The molecule has 0 aliphatic carbocycles. The number of aliphatic hydroxyl groups is 1. The van der Waals surface area contributed by atoms with Crippen molar-refractivity contribution in [2.45, 2.75) is 45.6 Å². The Morgan fingerprint density at radius 3 is 2.78 bits per heavy atom. The lowest BCUT2D eigenvalue weighted by atomic mass is 10.1. The molecule has 1 heterocycles. The summed E-state index contributed by atoms with van der Waals surface area (Å²) in [4.78, 5) is 11.6. The number of amides is 1. The van der Waals surface area contributed by atoms with Gasteiger partial charge in [0.15, 0.2) is 0 Å². The molecule has 2 N–H and O–H groups in total. The number of nitrogens with one attached hydrogen (secondary N) is 1. The first-order valence-electron chi connectivity index (χ1n) is 7.48. The van der Waals surface area contributed by atoms with E-state index in [1.165, 1.54) is 0 Å². The largest absolute Gasteiger partial charge is 0.445 e. The first-order valence-corrected chi connectivity index (χ1v) is 7.48. The number of ether oxygens (including phenoxy) is 1. The predicted octanol–water partition coefficient (Wildman–Crippen LogP) is 1.87. The second kappa shape index (κ2) is 7.73. The quantitative estimate of drug-likeness (QED) is 0.813. The van der Waals surface area contributed by atoms with E-state index in [1.54, 1.807) is 24.7 Å². The van der Waals surface area contributed by atoms with Crippen LogP contribution in [-0.4, -0.2) is 31.8 Å². The van der Waals surface area contributed by atoms with E-state index in [0.717, 1.165) is 5.56 Å². The summed E-state index contributed by atoms with van der Waals surface area (Å²) >= 11 is 0. The summed E-state index contributed by atoms with van der Waals surface area (Å²) < 4.78 is 6.75. The van der Waals surface area contributed by atoms with Crippen molar-refractivity contribution in [1.29, 1.82) is 0 Å². The van der Waals surface area contributed by atoms with Crippen molar-refractivity contribution in [3.05, 3.63) is 47.8 Å². The van der Waals surface area contributed by atoms with Crippen LogP contribution in [0.1, 0.15) is 31.5 Å². The van der Waals surface area contributed by atoms with Gasteiger partial charge >= 0.3 is 6.09 Å². The average Bonchev–Trinajstić information content (AvgIpc) is 2.97. The van der Waals surface area contributed by atoms with Gasteiger partial charge in [0, 0.05) is 6.54 Å². The maximum absolute atomic E-state index is 11.6. The Kier molecular flexibility index (Phi) is 5.70. The van der Waals surface area contributed by atoms with Crippen LogP contribution in [0, 0.1) is 0 Å². The molecule has 1 aromatic heterocycles. The summed E-state index contributed by atoms with van der Waals surface area (Å²) in [6.07, 6.45) is 1.81. The third-order valence-corrected chi connectivity index (χ3v) is 3.17. The highest BCUT2D eigenvalue weighted by molar-refractivity contribution is 5.67. The Balaban J connectivity index is 1.71. The Morgan fingerprint density at radius 1 is 1.35 bits per heavy atom. The molecular formula is C16H22N4O3. The second-order valence-corrected chi connectivity index (χ2v) is 5.95. The van der Waals surface area contributed by atoms with Crippen LogP contribution in [0.2, 0.25) is 0 Å². The highest BCUT2D eigenvalue weighted by atomic mass is 16.5. The van der Waals surface area contributed by atoms with Crippen LogP contribution >= 0.6 is 0 Å². The van der Waals surface area contributed by atoms with Crippen molar-refractivity contribution in [3.8, 4) is 0 Å². The number of hydrogen-bond donors (Lipinski definition) is 2. The first-order chi connectivity index (χ1) is 10.9. The van der Waals surface area contributed by atoms with Crippen LogP contribution in [0.4, 0.5) is 4.79 Å². The summed E-state index contributed by atoms with van der Waals surface area (Å²) in [5.41, 5.74) is 0.823. The van der Waals surface area contributed by atoms with Gasteiger partial charge in [0.25, 0.3) is 0 Å². The van der Waals surface area contributed by atoms with E-state index >= 15 is 0 Å². The SMILES string of the molecule is CC(C)(O)CCn1cc(CNC(=O)OCc2ccccc2)nn1. The monoisotopic (exact) mass is 318 g/mol. The second-order valence-electron chi connectivity index (χ2n) is 5.95. The molecule has 124 valence electrons. The van der Waals surface area contributed by atoms with Gasteiger partial charge in [-0.2, -0.15) is 0 Å². The van der Waals surface area contributed by atoms with Gasteiger partial charge in [-0.25, -0.2) is 4.79 Å². The summed E-state index contributed by atoms with van der Waals surface area (Å²) in [6, 6.07) is 9.47. The lowest BCUT2D eigenvalue weighted by molar-refractivity contribution is 0.0649. The number of carbonyl (C=O) groups is 1. The number of rotatable bonds is 7. The third-order valence-electron chi connectivity index (χ3n) is 3.17. The maximum atomic E-state index is 11.6. The molecule has 0 unspecified atom stereocenters. The molecule has 0 spiro atoms. The van der Waals surface area contributed by atoms with Crippen molar-refractivity contribution in [3.63, 3.8) is 0 Å². The molecule has 7 nitrogen and oxygen atoms in total. The molecule has 0 saturated heterocycles. The van der Waals surface area contributed by atoms with E-state index in [-0.39, 0.29) is 13.2 Å². The summed E-state index contributed by atoms with van der Waals surface area (Å²) in [6.45, 7) is 4.53. The molecule has 1 amide bonds. The predicted molar refractivity (Wildman–Crippen MR) is 84.4 cm³/mol. The van der Waals surface area contributed by atoms with Crippen molar-refractivity contribution < 1.29 is 14.6 Å². The Hall–Kier alpha value is -2.41. The molecular weight excluding hydrogens is 296 g/mol. The van der Waals surface area contributed by atoms with Crippen molar-refractivity contribution in [2.24, 2.45) is 0 Å². The lowest BCUT2D eigenvalue weighted by Crippen LogP contribution is -2.23. The fourth-order valence-corrected chi connectivity index (χ4v) is 1.85. The number of alkyl carbamates (subject to hydrolysis) is 1. The number of hydrogen-bond acceptors (Lipinski definition) is 5. The topological polar surface area (TPSA) is 89.3 Å². The molecule has 0 aliphatic heterocycles. The highest BCUT2D eigenvalue weighted by Gasteiger charge is 2.13. The molecule has 0 fully saturated rings. The average molecular weight is 318 g/mol. The molecule has 2 aromatic rings. The number of benzene rings is 1. The Bertz CT molecular complexity index is 620. The molecule has 23 heavy (non-hydrogen) atoms. The van der Waals surface area contributed by atoms with E-state index < -0.39 is 11.7 Å². The van der Waals surface area contributed by atoms with Gasteiger partial charge < -0.3 is 15.2 Å². The lowest BCUT2D eigenvalue weighted by Gasteiger charge is -2.15. The molecule has 0 saturated carbocycles. The number of aryl methyl sites for hydroxylation is 1. The number of carbonyl (C=O) groups excluding carboxylic acids is 1. The van der Waals surface area contributed by atoms with E-state index in [1.807, 2.05) is 30.3 Å². The normalized spacial score (nSPS) is 11.3. The smallest absolute Gasteiger partial charge is 0.407 e. The van der Waals surface area contributed by atoms with Gasteiger partial charge in [-0.3, -0.25) is 4.68 Å². The van der Waals surface area contributed by atoms with E-state index in [2.05, 4.69) is 15.6 Å². The van der Waals surface area contributed by atoms with Gasteiger partial charge in [0.2, 0.25) is 0 Å². The molecule has 7 heteroatoms. The highest BCUT2D eigenvalue weighted by Crippen LogP contribution is 2.08. The standard InChI is InChI=1S/C16H22N4O3/c1-16(2,22)8-9-20-11-14(18-19-20)10-17-15(21)23-12-13-6-4-3-5-7-13/h3-7,11,22H,8-10,12H2,1-2H3,(H,17,21). The zero-order valence-corrected chi connectivity index (χ0v) is 13.4. The molecule has 0 aliphatic rings. The zero-order chi connectivity index (χ0) is 16.7. The van der Waals surface area contributed by atoms with E-state index in [9.17, 15) is 9.90 Å². The van der Waals surface area contributed by atoms with Gasteiger partial charge in [0.05, 0.1) is 18.3 Å². The van der Waals surface area contributed by atoms with Gasteiger partial charge in [-0.1, -0.05) is 35.5 Å². The van der Waals surface area contributed by atoms with Crippen LogP contribution in [0.3, 0.4) is 0 Å². The third kappa shape index (κ3) is 6.48. The fourth-order valence-electron chi connectivity index (χ4n) is 1.85. The summed E-state index contributed by atoms with van der Waals surface area (Å²) in [5, 5.41) is 20.2. The minimum Gasteiger partial charge on any atom is -0.445 e. The van der Waals surface area contributed by atoms with Crippen LogP contribution in [0.25, 0.3) is 0 Å². The van der Waals surface area contributed by atoms with Crippen molar-refractivity contribution >= 4 is 6.09 Å². The molecule has 1 aromatic carbocycles. The number of aromatic nitrogens is 3. The van der Waals surface area contributed by atoms with E-state index in [4.69, 9.17) is 4.74 Å². The van der Waals surface area contributed by atoms with E-state index in [0.29, 0.717) is 18.7 Å². The molecule has 0 atom stereocenters. The van der Waals surface area contributed by atoms with Crippen LogP contribution < -0.4 is 5.32 Å². The van der Waals surface area contributed by atoms with Crippen LogP contribution in [-0.2, 0) is 24.4 Å².